The van der Waals surface area contributed by atoms with Gasteiger partial charge in [0.1, 0.15) is 0 Å². The smallest absolute Gasteiger partial charge is 0.241 e. The summed E-state index contributed by atoms with van der Waals surface area (Å²) in [5.74, 6) is 0.116. The number of nitrogens with zero attached hydrogens (tertiary/aromatic N) is 1. The lowest BCUT2D eigenvalue weighted by molar-refractivity contribution is -0.119. The summed E-state index contributed by atoms with van der Waals surface area (Å²) in [6.07, 6.45) is 2.08. The average molecular weight is 218 g/mol. The second kappa shape index (κ2) is 4.66. The van der Waals surface area contributed by atoms with Crippen LogP contribution in [0, 0.1) is 6.92 Å². The fraction of sp³-hybridized carbons (Fsp3) is 0.462. The number of amides is 1. The summed E-state index contributed by atoms with van der Waals surface area (Å²) in [7, 11) is 2.01. The van der Waals surface area contributed by atoms with E-state index in [2.05, 4.69) is 10.2 Å². The van der Waals surface area contributed by atoms with Crippen LogP contribution in [0.15, 0.2) is 24.3 Å². The van der Waals surface area contributed by atoms with Gasteiger partial charge in [0.15, 0.2) is 0 Å². The zero-order valence-electron chi connectivity index (χ0n) is 9.86. The van der Waals surface area contributed by atoms with Gasteiger partial charge >= 0.3 is 0 Å². The lowest BCUT2D eigenvalue weighted by Gasteiger charge is -2.18. The van der Waals surface area contributed by atoms with Gasteiger partial charge in [0.05, 0.1) is 6.04 Å². The lowest BCUT2D eigenvalue weighted by atomic mass is 10.2. The quantitative estimate of drug-likeness (QED) is 0.823. The summed E-state index contributed by atoms with van der Waals surface area (Å²) in [6.45, 7) is 3.04. The first kappa shape index (κ1) is 11.1. The zero-order valence-corrected chi connectivity index (χ0v) is 9.86. The van der Waals surface area contributed by atoms with Crippen molar-refractivity contribution in [3.05, 3.63) is 29.8 Å². The molecule has 0 spiro atoms. The number of likely N-dealkylation sites (N-methyl/N-ethyl adjacent to an activating group) is 1. The molecule has 1 heterocycles. The summed E-state index contributed by atoms with van der Waals surface area (Å²) < 4.78 is 0. The number of carbonyl (C=O) groups excluding carboxylic acids is 1. The summed E-state index contributed by atoms with van der Waals surface area (Å²) >= 11 is 0. The van der Waals surface area contributed by atoms with E-state index in [-0.39, 0.29) is 11.9 Å². The lowest BCUT2D eigenvalue weighted by Crippen LogP contribution is -2.37. The summed E-state index contributed by atoms with van der Waals surface area (Å²) in [6, 6.07) is 7.95. The SMILES string of the molecule is Cc1cccc(NC(=O)C2CCCN2C)c1. The Bertz CT molecular complexity index is 389. The topological polar surface area (TPSA) is 32.3 Å². The van der Waals surface area contributed by atoms with Gasteiger partial charge in [-0.15, -0.1) is 0 Å². The molecular formula is C13H18N2O. The largest absolute Gasteiger partial charge is 0.325 e. The molecule has 16 heavy (non-hydrogen) atoms. The Balaban J connectivity index is 2.02. The number of aryl methyl sites for hydroxylation is 1. The number of hydrogen-bond donors (Lipinski definition) is 1. The Morgan fingerprint density at radius 1 is 1.50 bits per heavy atom. The first-order valence-corrected chi connectivity index (χ1v) is 5.74. The highest BCUT2D eigenvalue weighted by Gasteiger charge is 2.27. The van der Waals surface area contributed by atoms with Crippen molar-refractivity contribution in [2.24, 2.45) is 0 Å². The minimum Gasteiger partial charge on any atom is -0.325 e. The van der Waals surface area contributed by atoms with Crippen LogP contribution in [0.25, 0.3) is 0 Å². The third-order valence-corrected chi connectivity index (χ3v) is 3.11. The van der Waals surface area contributed by atoms with Gasteiger partial charge in [-0.3, -0.25) is 9.69 Å². The van der Waals surface area contributed by atoms with Crippen molar-refractivity contribution in [3.8, 4) is 0 Å². The maximum atomic E-state index is 12.0. The molecule has 3 nitrogen and oxygen atoms in total. The van der Waals surface area contributed by atoms with Gasteiger partial charge < -0.3 is 5.32 Å². The third kappa shape index (κ3) is 2.42. The van der Waals surface area contributed by atoms with Crippen LogP contribution in [0.5, 0.6) is 0 Å². The van der Waals surface area contributed by atoms with Crippen molar-refractivity contribution in [2.45, 2.75) is 25.8 Å². The first-order valence-electron chi connectivity index (χ1n) is 5.74. The summed E-state index contributed by atoms with van der Waals surface area (Å²) in [4.78, 5) is 14.1. The molecule has 0 radical (unpaired) electrons. The fourth-order valence-corrected chi connectivity index (χ4v) is 2.19. The third-order valence-electron chi connectivity index (χ3n) is 3.11. The molecule has 0 aliphatic carbocycles. The van der Waals surface area contributed by atoms with Gasteiger partial charge in [0, 0.05) is 5.69 Å². The average Bonchev–Trinajstić information content (AvgIpc) is 2.64. The molecule has 1 N–H and O–H groups in total. The molecule has 0 aromatic heterocycles. The number of hydrogen-bond acceptors (Lipinski definition) is 2. The molecule has 1 unspecified atom stereocenters. The molecule has 1 aliphatic heterocycles. The van der Waals surface area contributed by atoms with Crippen molar-refractivity contribution >= 4 is 11.6 Å². The van der Waals surface area contributed by atoms with E-state index < -0.39 is 0 Å². The van der Waals surface area contributed by atoms with E-state index >= 15 is 0 Å². The molecule has 1 amide bonds. The van der Waals surface area contributed by atoms with Crippen molar-refractivity contribution in [1.82, 2.24) is 4.90 Å². The molecule has 86 valence electrons. The van der Waals surface area contributed by atoms with E-state index in [1.807, 2.05) is 38.2 Å². The Kier molecular flexibility index (Phi) is 3.25. The molecular weight excluding hydrogens is 200 g/mol. The van der Waals surface area contributed by atoms with Crippen LogP contribution in [-0.2, 0) is 4.79 Å². The first-order chi connectivity index (χ1) is 7.66. The molecule has 1 fully saturated rings. The molecule has 1 atom stereocenters. The molecule has 1 aromatic carbocycles. The van der Waals surface area contributed by atoms with E-state index in [9.17, 15) is 4.79 Å². The Morgan fingerprint density at radius 3 is 2.94 bits per heavy atom. The molecule has 3 heteroatoms. The number of benzene rings is 1. The van der Waals surface area contributed by atoms with Crippen molar-refractivity contribution in [2.75, 3.05) is 18.9 Å². The highest BCUT2D eigenvalue weighted by atomic mass is 16.2. The van der Waals surface area contributed by atoms with Crippen molar-refractivity contribution in [1.29, 1.82) is 0 Å². The van der Waals surface area contributed by atoms with Crippen LogP contribution >= 0.6 is 0 Å². The standard InChI is InChI=1S/C13H18N2O/c1-10-5-3-6-11(9-10)14-13(16)12-7-4-8-15(12)2/h3,5-6,9,12H,4,7-8H2,1-2H3,(H,14,16). The monoisotopic (exact) mass is 218 g/mol. The highest BCUT2D eigenvalue weighted by molar-refractivity contribution is 5.95. The molecule has 1 aliphatic rings. The Hall–Kier alpha value is -1.35. The summed E-state index contributed by atoms with van der Waals surface area (Å²) in [5.41, 5.74) is 2.06. The molecule has 0 saturated carbocycles. The Labute approximate surface area is 96.5 Å². The normalized spacial score (nSPS) is 21.0. The number of anilines is 1. The maximum Gasteiger partial charge on any atom is 0.241 e. The highest BCUT2D eigenvalue weighted by Crippen LogP contribution is 2.17. The second-order valence-corrected chi connectivity index (χ2v) is 4.50. The second-order valence-electron chi connectivity index (χ2n) is 4.50. The van der Waals surface area contributed by atoms with Crippen LogP contribution in [0.2, 0.25) is 0 Å². The predicted molar refractivity (Wildman–Crippen MR) is 65.5 cm³/mol. The van der Waals surface area contributed by atoms with E-state index in [0.717, 1.165) is 30.6 Å². The van der Waals surface area contributed by atoms with Crippen LogP contribution in [0.1, 0.15) is 18.4 Å². The van der Waals surface area contributed by atoms with Crippen molar-refractivity contribution in [3.63, 3.8) is 0 Å². The molecule has 0 bridgehead atoms. The number of carbonyl (C=O) groups is 1. The number of nitrogens with one attached hydrogen (secondary N) is 1. The minimum absolute atomic E-state index is 0.0421. The van der Waals surface area contributed by atoms with Crippen LogP contribution in [0.4, 0.5) is 5.69 Å². The number of rotatable bonds is 2. The molecule has 1 saturated heterocycles. The zero-order chi connectivity index (χ0) is 11.5. The minimum atomic E-state index is 0.0421. The Morgan fingerprint density at radius 2 is 2.31 bits per heavy atom. The van der Waals surface area contributed by atoms with Crippen LogP contribution in [0.3, 0.4) is 0 Å². The van der Waals surface area contributed by atoms with Crippen molar-refractivity contribution < 1.29 is 4.79 Å². The summed E-state index contributed by atoms with van der Waals surface area (Å²) in [5, 5.41) is 2.97. The van der Waals surface area contributed by atoms with Gasteiger partial charge in [-0.25, -0.2) is 0 Å². The van der Waals surface area contributed by atoms with E-state index in [4.69, 9.17) is 0 Å². The predicted octanol–water partition coefficient (Wildman–Crippen LogP) is 2.03. The van der Waals surface area contributed by atoms with Gasteiger partial charge in [0.25, 0.3) is 0 Å². The number of likely N-dealkylation sites (tertiary alicyclic amines) is 1. The van der Waals surface area contributed by atoms with E-state index in [0.29, 0.717) is 0 Å². The van der Waals surface area contributed by atoms with Gasteiger partial charge in [-0.05, 0) is 51.1 Å². The maximum absolute atomic E-state index is 12.0. The van der Waals surface area contributed by atoms with Crippen LogP contribution < -0.4 is 5.32 Å². The van der Waals surface area contributed by atoms with Gasteiger partial charge in [-0.2, -0.15) is 0 Å². The van der Waals surface area contributed by atoms with Crippen LogP contribution in [-0.4, -0.2) is 30.4 Å². The molecule has 1 aromatic rings. The van der Waals surface area contributed by atoms with Gasteiger partial charge in [0.2, 0.25) is 5.91 Å². The van der Waals surface area contributed by atoms with Gasteiger partial charge in [-0.1, -0.05) is 12.1 Å². The van der Waals surface area contributed by atoms with E-state index in [1.165, 1.54) is 0 Å². The van der Waals surface area contributed by atoms with E-state index in [1.54, 1.807) is 0 Å². The fourth-order valence-electron chi connectivity index (χ4n) is 2.19. The molecule has 2 rings (SSSR count).